The highest BCUT2D eigenvalue weighted by atomic mass is 16.5. The fourth-order valence-corrected chi connectivity index (χ4v) is 2.69. The highest BCUT2D eigenvalue weighted by molar-refractivity contribution is 5.74. The molecule has 0 radical (unpaired) electrons. The van der Waals surface area contributed by atoms with Crippen molar-refractivity contribution in [3.63, 3.8) is 0 Å². The number of carbonyl (C=O) groups is 1. The van der Waals surface area contributed by atoms with Crippen molar-refractivity contribution in [1.29, 1.82) is 0 Å². The number of hydrogen-bond donors (Lipinski definition) is 2. The minimum atomic E-state index is -0.143. The van der Waals surface area contributed by atoms with Crippen molar-refractivity contribution in [2.45, 2.75) is 32.6 Å². The third kappa shape index (κ3) is 5.52. The van der Waals surface area contributed by atoms with Gasteiger partial charge < -0.3 is 15.4 Å². The number of rotatable bonds is 7. The summed E-state index contributed by atoms with van der Waals surface area (Å²) in [6.45, 7) is 7.48. The third-order valence-corrected chi connectivity index (χ3v) is 4.40. The summed E-state index contributed by atoms with van der Waals surface area (Å²) in [5, 5.41) is 5.88. The number of aryl methyl sites for hydroxylation is 1. The van der Waals surface area contributed by atoms with Crippen LogP contribution in [0.15, 0.2) is 48.5 Å². The van der Waals surface area contributed by atoms with Gasteiger partial charge in [-0.25, -0.2) is 4.79 Å². The van der Waals surface area contributed by atoms with Gasteiger partial charge >= 0.3 is 6.03 Å². The lowest BCUT2D eigenvalue weighted by Crippen LogP contribution is -2.42. The molecule has 0 unspecified atom stereocenters. The van der Waals surface area contributed by atoms with E-state index >= 15 is 0 Å². The van der Waals surface area contributed by atoms with Crippen LogP contribution in [0.1, 0.15) is 30.5 Å². The summed E-state index contributed by atoms with van der Waals surface area (Å²) in [5.41, 5.74) is 3.42. The number of hydrogen-bond acceptors (Lipinski definition) is 2. The zero-order valence-electron chi connectivity index (χ0n) is 15.6. The SMILES string of the molecule is COc1ccccc1CCNC(=O)NCC(C)(C)c1ccc(C)cc1. The Morgan fingerprint density at radius 2 is 1.72 bits per heavy atom. The predicted octanol–water partition coefficient (Wildman–Crippen LogP) is 3.82. The molecule has 2 rings (SSSR count). The smallest absolute Gasteiger partial charge is 0.314 e. The van der Waals surface area contributed by atoms with Gasteiger partial charge in [0.1, 0.15) is 5.75 Å². The molecule has 2 aromatic carbocycles. The molecule has 0 saturated carbocycles. The first-order valence-corrected chi connectivity index (χ1v) is 8.63. The lowest BCUT2D eigenvalue weighted by atomic mass is 9.84. The molecule has 25 heavy (non-hydrogen) atoms. The number of carbonyl (C=O) groups excluding carboxylic acids is 1. The van der Waals surface area contributed by atoms with E-state index in [4.69, 9.17) is 4.74 Å². The second-order valence-corrected chi connectivity index (χ2v) is 6.92. The quantitative estimate of drug-likeness (QED) is 0.805. The third-order valence-electron chi connectivity index (χ3n) is 4.40. The molecule has 0 saturated heterocycles. The maximum atomic E-state index is 12.1. The van der Waals surface area contributed by atoms with Crippen LogP contribution >= 0.6 is 0 Å². The van der Waals surface area contributed by atoms with Crippen LogP contribution in [-0.2, 0) is 11.8 Å². The molecule has 0 bridgehead atoms. The Labute approximate surface area is 150 Å². The number of urea groups is 1. The molecule has 2 N–H and O–H groups in total. The normalized spacial score (nSPS) is 11.0. The summed E-state index contributed by atoms with van der Waals surface area (Å²) in [7, 11) is 1.66. The van der Waals surface area contributed by atoms with Crippen molar-refractivity contribution in [2.75, 3.05) is 20.2 Å². The molecule has 0 spiro atoms. The van der Waals surface area contributed by atoms with Crippen LogP contribution in [-0.4, -0.2) is 26.2 Å². The second-order valence-electron chi connectivity index (χ2n) is 6.92. The van der Waals surface area contributed by atoms with Gasteiger partial charge in [-0.05, 0) is 30.5 Å². The van der Waals surface area contributed by atoms with E-state index in [0.29, 0.717) is 13.1 Å². The summed E-state index contributed by atoms with van der Waals surface area (Å²) in [4.78, 5) is 12.1. The minimum absolute atomic E-state index is 0.117. The van der Waals surface area contributed by atoms with E-state index in [0.717, 1.165) is 17.7 Å². The van der Waals surface area contributed by atoms with E-state index in [9.17, 15) is 4.79 Å². The zero-order valence-corrected chi connectivity index (χ0v) is 15.6. The van der Waals surface area contributed by atoms with E-state index in [1.54, 1.807) is 7.11 Å². The summed E-state index contributed by atoms with van der Waals surface area (Å²) < 4.78 is 5.32. The molecule has 0 aliphatic carbocycles. The van der Waals surface area contributed by atoms with Gasteiger partial charge in [-0.3, -0.25) is 0 Å². The molecule has 2 amide bonds. The molecule has 0 heterocycles. The van der Waals surface area contributed by atoms with Crippen LogP contribution in [0, 0.1) is 6.92 Å². The number of para-hydroxylation sites is 1. The van der Waals surface area contributed by atoms with Crippen molar-refractivity contribution in [1.82, 2.24) is 10.6 Å². The highest BCUT2D eigenvalue weighted by Gasteiger charge is 2.21. The van der Waals surface area contributed by atoms with Crippen LogP contribution < -0.4 is 15.4 Å². The van der Waals surface area contributed by atoms with Crippen LogP contribution in [0.25, 0.3) is 0 Å². The van der Waals surface area contributed by atoms with E-state index < -0.39 is 0 Å². The van der Waals surface area contributed by atoms with Gasteiger partial charge in [0.05, 0.1) is 7.11 Å². The first-order chi connectivity index (χ1) is 11.9. The Bertz CT molecular complexity index is 693. The molecular formula is C21H28N2O2. The van der Waals surface area contributed by atoms with Crippen molar-refractivity contribution in [3.05, 3.63) is 65.2 Å². The molecule has 2 aromatic rings. The van der Waals surface area contributed by atoms with Crippen LogP contribution in [0.2, 0.25) is 0 Å². The van der Waals surface area contributed by atoms with Gasteiger partial charge in [-0.15, -0.1) is 0 Å². The molecule has 0 fully saturated rings. The van der Waals surface area contributed by atoms with Crippen LogP contribution in [0.3, 0.4) is 0 Å². The predicted molar refractivity (Wildman–Crippen MR) is 102 cm³/mol. The molecule has 4 nitrogen and oxygen atoms in total. The van der Waals surface area contributed by atoms with Crippen molar-refractivity contribution in [2.24, 2.45) is 0 Å². The van der Waals surface area contributed by atoms with Crippen molar-refractivity contribution < 1.29 is 9.53 Å². The molecular weight excluding hydrogens is 312 g/mol. The van der Waals surface area contributed by atoms with Crippen molar-refractivity contribution in [3.8, 4) is 5.75 Å². The lowest BCUT2D eigenvalue weighted by Gasteiger charge is -2.26. The standard InChI is InChI=1S/C21H28N2O2/c1-16-9-11-18(12-10-16)21(2,3)15-23-20(24)22-14-13-17-7-5-6-8-19(17)25-4/h5-12H,13-15H2,1-4H3,(H2,22,23,24). The maximum absolute atomic E-state index is 12.1. The average molecular weight is 340 g/mol. The molecule has 134 valence electrons. The second kappa shape index (κ2) is 8.56. The van der Waals surface area contributed by atoms with E-state index in [2.05, 4.69) is 55.7 Å². The van der Waals surface area contributed by atoms with Crippen LogP contribution in [0.4, 0.5) is 4.79 Å². The Kier molecular flexibility index (Phi) is 6.45. The zero-order chi connectivity index (χ0) is 18.3. The number of ether oxygens (including phenoxy) is 1. The summed E-state index contributed by atoms with van der Waals surface area (Å²) >= 11 is 0. The number of nitrogens with one attached hydrogen (secondary N) is 2. The number of benzene rings is 2. The Hall–Kier alpha value is -2.49. The monoisotopic (exact) mass is 340 g/mol. The van der Waals surface area contributed by atoms with E-state index in [-0.39, 0.29) is 11.4 Å². The number of amides is 2. The Morgan fingerprint density at radius 1 is 1.04 bits per heavy atom. The van der Waals surface area contributed by atoms with Gasteiger partial charge in [0, 0.05) is 18.5 Å². The lowest BCUT2D eigenvalue weighted by molar-refractivity contribution is 0.238. The topological polar surface area (TPSA) is 50.4 Å². The van der Waals surface area contributed by atoms with Crippen LogP contribution in [0.5, 0.6) is 5.75 Å². The number of methoxy groups -OCH3 is 1. The molecule has 0 aromatic heterocycles. The maximum Gasteiger partial charge on any atom is 0.314 e. The van der Waals surface area contributed by atoms with Gasteiger partial charge in [0.15, 0.2) is 0 Å². The Balaban J connectivity index is 1.79. The van der Waals surface area contributed by atoms with Gasteiger partial charge in [-0.1, -0.05) is 61.9 Å². The average Bonchev–Trinajstić information content (AvgIpc) is 2.61. The first kappa shape index (κ1) is 18.8. The van der Waals surface area contributed by atoms with E-state index in [1.165, 1.54) is 11.1 Å². The van der Waals surface area contributed by atoms with E-state index in [1.807, 2.05) is 24.3 Å². The molecule has 0 aliphatic heterocycles. The van der Waals surface area contributed by atoms with Gasteiger partial charge in [-0.2, -0.15) is 0 Å². The minimum Gasteiger partial charge on any atom is -0.496 e. The fraction of sp³-hybridized carbons (Fsp3) is 0.381. The molecule has 0 aliphatic rings. The summed E-state index contributed by atoms with van der Waals surface area (Å²) in [5.74, 6) is 0.852. The Morgan fingerprint density at radius 3 is 2.40 bits per heavy atom. The fourth-order valence-electron chi connectivity index (χ4n) is 2.69. The molecule has 4 heteroatoms. The first-order valence-electron chi connectivity index (χ1n) is 8.63. The van der Waals surface area contributed by atoms with Crippen molar-refractivity contribution >= 4 is 6.03 Å². The van der Waals surface area contributed by atoms with Gasteiger partial charge in [0.25, 0.3) is 0 Å². The summed E-state index contributed by atoms with van der Waals surface area (Å²) in [6.07, 6.45) is 0.735. The molecule has 0 atom stereocenters. The summed E-state index contributed by atoms with van der Waals surface area (Å²) in [6, 6.07) is 16.2. The highest BCUT2D eigenvalue weighted by Crippen LogP contribution is 2.22. The largest absolute Gasteiger partial charge is 0.496 e. The van der Waals surface area contributed by atoms with Gasteiger partial charge in [0.2, 0.25) is 0 Å².